The summed E-state index contributed by atoms with van der Waals surface area (Å²) in [5, 5.41) is 13.0. The molecule has 1 aromatic heterocycles. The molecule has 1 unspecified atom stereocenters. The van der Waals surface area contributed by atoms with Crippen LogP contribution < -0.4 is 10.2 Å². The van der Waals surface area contributed by atoms with Crippen LogP contribution in [-0.2, 0) is 5.41 Å². The predicted octanol–water partition coefficient (Wildman–Crippen LogP) is 3.14. The first-order valence-corrected chi connectivity index (χ1v) is 9.00. The molecule has 5 heteroatoms. The second-order valence-corrected chi connectivity index (χ2v) is 7.54. The first kappa shape index (κ1) is 17.7. The maximum Gasteiger partial charge on any atom is 0.134 e. The van der Waals surface area contributed by atoms with E-state index in [1.54, 1.807) is 6.33 Å². The Morgan fingerprint density at radius 2 is 2.12 bits per heavy atom. The molecule has 1 aliphatic heterocycles. The molecule has 1 aliphatic rings. The van der Waals surface area contributed by atoms with Gasteiger partial charge in [-0.25, -0.2) is 9.97 Å². The van der Waals surface area contributed by atoms with Gasteiger partial charge < -0.3 is 15.3 Å². The fourth-order valence-corrected chi connectivity index (χ4v) is 3.41. The van der Waals surface area contributed by atoms with Crippen molar-refractivity contribution in [3.05, 3.63) is 47.8 Å². The lowest BCUT2D eigenvalue weighted by atomic mass is 9.84. The zero-order chi connectivity index (χ0) is 17.9. The van der Waals surface area contributed by atoms with Crippen molar-refractivity contribution in [2.24, 2.45) is 0 Å². The van der Waals surface area contributed by atoms with Crippen molar-refractivity contribution in [3.8, 4) is 0 Å². The molecule has 0 spiro atoms. The monoisotopic (exact) mass is 340 g/mol. The van der Waals surface area contributed by atoms with Gasteiger partial charge in [-0.1, -0.05) is 43.7 Å². The van der Waals surface area contributed by atoms with Gasteiger partial charge in [0.15, 0.2) is 0 Å². The van der Waals surface area contributed by atoms with Crippen LogP contribution in [0, 0.1) is 6.92 Å². The van der Waals surface area contributed by atoms with Gasteiger partial charge in [-0.05, 0) is 25.3 Å². The molecule has 1 fully saturated rings. The minimum atomic E-state index is -0.00158. The van der Waals surface area contributed by atoms with Crippen LogP contribution in [0.1, 0.15) is 37.8 Å². The minimum absolute atomic E-state index is 0.00158. The maximum absolute atomic E-state index is 9.52. The quantitative estimate of drug-likeness (QED) is 0.846. The second kappa shape index (κ2) is 7.40. The number of aromatic nitrogens is 2. The molecular formula is C20H28N4O. The second-order valence-electron chi connectivity index (χ2n) is 7.54. The van der Waals surface area contributed by atoms with Crippen LogP contribution in [0.2, 0.25) is 0 Å². The first-order chi connectivity index (χ1) is 12.0. The van der Waals surface area contributed by atoms with Crippen molar-refractivity contribution >= 4 is 11.6 Å². The van der Waals surface area contributed by atoms with E-state index in [4.69, 9.17) is 0 Å². The molecule has 5 nitrogen and oxygen atoms in total. The molecule has 0 saturated carbocycles. The normalized spacial score (nSPS) is 17.8. The van der Waals surface area contributed by atoms with Crippen LogP contribution in [0.3, 0.4) is 0 Å². The number of benzene rings is 1. The highest BCUT2D eigenvalue weighted by atomic mass is 16.3. The van der Waals surface area contributed by atoms with Crippen LogP contribution in [0.25, 0.3) is 0 Å². The van der Waals surface area contributed by atoms with Crippen molar-refractivity contribution in [2.75, 3.05) is 29.9 Å². The molecule has 0 bridgehead atoms. The van der Waals surface area contributed by atoms with E-state index in [2.05, 4.69) is 65.2 Å². The Morgan fingerprint density at radius 3 is 2.88 bits per heavy atom. The summed E-state index contributed by atoms with van der Waals surface area (Å²) in [4.78, 5) is 10.9. The van der Waals surface area contributed by atoms with E-state index in [1.165, 1.54) is 11.1 Å². The first-order valence-electron chi connectivity index (χ1n) is 9.00. The van der Waals surface area contributed by atoms with E-state index in [0.29, 0.717) is 0 Å². The van der Waals surface area contributed by atoms with Crippen molar-refractivity contribution in [1.82, 2.24) is 9.97 Å². The SMILES string of the molecule is Cc1cccc(C(C)(C)CNc2cc(N3CCCC3CO)ncn2)c1. The lowest BCUT2D eigenvalue weighted by molar-refractivity contribution is 0.266. The van der Waals surface area contributed by atoms with Crippen LogP contribution in [0.15, 0.2) is 36.7 Å². The summed E-state index contributed by atoms with van der Waals surface area (Å²) in [7, 11) is 0. The predicted molar refractivity (Wildman–Crippen MR) is 102 cm³/mol. The smallest absolute Gasteiger partial charge is 0.134 e. The van der Waals surface area contributed by atoms with Crippen LogP contribution in [-0.4, -0.2) is 40.8 Å². The third kappa shape index (κ3) is 4.10. The van der Waals surface area contributed by atoms with Gasteiger partial charge in [0.2, 0.25) is 0 Å². The van der Waals surface area contributed by atoms with Crippen molar-refractivity contribution in [3.63, 3.8) is 0 Å². The number of aliphatic hydroxyl groups excluding tert-OH is 1. The van der Waals surface area contributed by atoms with Crippen molar-refractivity contribution in [2.45, 2.75) is 45.1 Å². The third-order valence-corrected chi connectivity index (χ3v) is 5.05. The average Bonchev–Trinajstić information content (AvgIpc) is 3.09. The van der Waals surface area contributed by atoms with Gasteiger partial charge in [0.05, 0.1) is 12.6 Å². The van der Waals surface area contributed by atoms with Gasteiger partial charge in [-0.3, -0.25) is 0 Å². The van der Waals surface area contributed by atoms with E-state index < -0.39 is 0 Å². The molecule has 3 rings (SSSR count). The van der Waals surface area contributed by atoms with E-state index in [-0.39, 0.29) is 18.1 Å². The molecule has 1 atom stereocenters. The lowest BCUT2D eigenvalue weighted by Crippen LogP contribution is -2.33. The summed E-state index contributed by atoms with van der Waals surface area (Å²) < 4.78 is 0. The van der Waals surface area contributed by atoms with Gasteiger partial charge >= 0.3 is 0 Å². The Labute approximate surface area is 150 Å². The Morgan fingerprint density at radius 1 is 1.28 bits per heavy atom. The number of anilines is 2. The molecular weight excluding hydrogens is 312 g/mol. The highest BCUT2D eigenvalue weighted by Crippen LogP contribution is 2.27. The summed E-state index contributed by atoms with van der Waals surface area (Å²) in [6, 6.07) is 10.8. The van der Waals surface area contributed by atoms with Gasteiger partial charge in [0, 0.05) is 24.6 Å². The summed E-state index contributed by atoms with van der Waals surface area (Å²) in [5.41, 5.74) is 2.59. The molecule has 1 saturated heterocycles. The minimum Gasteiger partial charge on any atom is -0.394 e. The Hall–Kier alpha value is -2.14. The third-order valence-electron chi connectivity index (χ3n) is 5.05. The molecule has 134 valence electrons. The maximum atomic E-state index is 9.52. The lowest BCUT2D eigenvalue weighted by Gasteiger charge is -2.27. The Kier molecular flexibility index (Phi) is 5.23. The number of hydrogen-bond donors (Lipinski definition) is 2. The number of aliphatic hydroxyl groups is 1. The van der Waals surface area contributed by atoms with E-state index >= 15 is 0 Å². The summed E-state index contributed by atoms with van der Waals surface area (Å²) in [5.74, 6) is 1.72. The van der Waals surface area contributed by atoms with Gasteiger partial charge in [0.1, 0.15) is 18.0 Å². The number of nitrogens with one attached hydrogen (secondary N) is 1. The van der Waals surface area contributed by atoms with Gasteiger partial charge in [-0.2, -0.15) is 0 Å². The van der Waals surface area contributed by atoms with Gasteiger partial charge in [-0.15, -0.1) is 0 Å². The van der Waals surface area contributed by atoms with Crippen LogP contribution in [0.4, 0.5) is 11.6 Å². The summed E-state index contributed by atoms with van der Waals surface area (Å²) in [6.45, 7) is 8.50. The van der Waals surface area contributed by atoms with E-state index in [9.17, 15) is 5.11 Å². The van der Waals surface area contributed by atoms with Crippen LogP contribution >= 0.6 is 0 Å². The number of rotatable bonds is 6. The molecule has 0 aliphatic carbocycles. The molecule has 0 amide bonds. The molecule has 1 aromatic carbocycles. The highest BCUT2D eigenvalue weighted by Gasteiger charge is 2.25. The fourth-order valence-electron chi connectivity index (χ4n) is 3.41. The summed E-state index contributed by atoms with van der Waals surface area (Å²) in [6.07, 6.45) is 3.71. The number of nitrogens with zero attached hydrogens (tertiary/aromatic N) is 3. The molecule has 2 N–H and O–H groups in total. The zero-order valence-electron chi connectivity index (χ0n) is 15.4. The highest BCUT2D eigenvalue weighted by molar-refractivity contribution is 5.50. The van der Waals surface area contributed by atoms with E-state index in [0.717, 1.165) is 37.6 Å². The average molecular weight is 340 g/mol. The van der Waals surface area contributed by atoms with Gasteiger partial charge in [0.25, 0.3) is 0 Å². The molecule has 2 heterocycles. The number of aryl methyl sites for hydroxylation is 1. The number of hydrogen-bond acceptors (Lipinski definition) is 5. The largest absolute Gasteiger partial charge is 0.394 e. The van der Waals surface area contributed by atoms with Crippen LogP contribution in [0.5, 0.6) is 0 Å². The molecule has 25 heavy (non-hydrogen) atoms. The molecule has 2 aromatic rings. The Bertz CT molecular complexity index is 716. The standard InChI is InChI=1S/C20H28N4O/c1-15-6-4-7-16(10-15)20(2,3)13-21-18-11-19(23-14-22-18)24-9-5-8-17(24)12-25/h4,6-7,10-11,14,17,25H,5,8-9,12-13H2,1-3H3,(H,21,22,23). The fraction of sp³-hybridized carbons (Fsp3) is 0.500. The van der Waals surface area contributed by atoms with E-state index in [1.807, 2.05) is 6.07 Å². The zero-order valence-corrected chi connectivity index (χ0v) is 15.4. The van der Waals surface area contributed by atoms with Crippen molar-refractivity contribution in [1.29, 1.82) is 0 Å². The Balaban J connectivity index is 1.70. The summed E-state index contributed by atoms with van der Waals surface area (Å²) >= 11 is 0. The van der Waals surface area contributed by atoms with Crippen molar-refractivity contribution < 1.29 is 5.11 Å². The molecule has 0 radical (unpaired) electrons. The topological polar surface area (TPSA) is 61.3 Å².